The molecule has 0 saturated carbocycles. The predicted octanol–water partition coefficient (Wildman–Crippen LogP) is 3.54. The van der Waals surface area contributed by atoms with E-state index in [9.17, 15) is 0 Å². The van der Waals surface area contributed by atoms with Crippen molar-refractivity contribution in [2.75, 3.05) is 6.54 Å². The maximum Gasteiger partial charge on any atom is 0.107 e. The Morgan fingerprint density at radius 2 is 2.00 bits per heavy atom. The van der Waals surface area contributed by atoms with Gasteiger partial charge in [-0.2, -0.15) is 0 Å². The zero-order valence-corrected chi connectivity index (χ0v) is 11.2. The molecule has 0 bridgehead atoms. The van der Waals surface area contributed by atoms with E-state index in [-0.39, 0.29) is 12.2 Å². The fourth-order valence-corrected chi connectivity index (χ4v) is 3.24. The Hall–Kier alpha value is -1.16. The van der Waals surface area contributed by atoms with E-state index in [1.165, 1.54) is 10.4 Å². The molecule has 0 spiro atoms. The molecule has 1 saturated heterocycles. The molecule has 2 nitrogen and oxygen atoms in total. The van der Waals surface area contributed by atoms with Crippen LogP contribution in [0, 0.1) is 0 Å². The van der Waals surface area contributed by atoms with Crippen molar-refractivity contribution in [1.29, 1.82) is 0 Å². The van der Waals surface area contributed by atoms with Gasteiger partial charge in [0, 0.05) is 17.5 Å². The van der Waals surface area contributed by atoms with E-state index >= 15 is 0 Å². The molecule has 1 N–H and O–H groups in total. The second kappa shape index (κ2) is 5.22. The average molecular weight is 259 g/mol. The number of morpholine rings is 1. The first-order chi connectivity index (χ1) is 8.84. The highest BCUT2D eigenvalue weighted by molar-refractivity contribution is 7.10. The first-order valence-corrected chi connectivity index (χ1v) is 7.20. The summed E-state index contributed by atoms with van der Waals surface area (Å²) in [7, 11) is 0. The predicted molar refractivity (Wildman–Crippen MR) is 74.8 cm³/mol. The van der Waals surface area contributed by atoms with Crippen molar-refractivity contribution in [3.8, 4) is 0 Å². The lowest BCUT2D eigenvalue weighted by Gasteiger charge is -2.35. The van der Waals surface area contributed by atoms with Gasteiger partial charge in [0.2, 0.25) is 0 Å². The van der Waals surface area contributed by atoms with Crippen LogP contribution in [-0.4, -0.2) is 12.6 Å². The highest BCUT2D eigenvalue weighted by Crippen LogP contribution is 2.34. The van der Waals surface area contributed by atoms with Crippen LogP contribution in [-0.2, 0) is 4.74 Å². The molecule has 2 heterocycles. The second-order valence-electron chi connectivity index (χ2n) is 4.67. The summed E-state index contributed by atoms with van der Waals surface area (Å²) >= 11 is 1.77. The van der Waals surface area contributed by atoms with Gasteiger partial charge in [-0.15, -0.1) is 11.3 Å². The first-order valence-electron chi connectivity index (χ1n) is 6.32. The van der Waals surface area contributed by atoms with Crippen LogP contribution in [0.5, 0.6) is 0 Å². The number of nitrogens with one attached hydrogen (secondary N) is 1. The SMILES string of the molecule is CC1NCC(c2ccccc2)OC1c1cccs1. The van der Waals surface area contributed by atoms with Gasteiger partial charge in [-0.3, -0.25) is 0 Å². The van der Waals surface area contributed by atoms with Crippen LogP contribution >= 0.6 is 11.3 Å². The molecule has 0 aliphatic carbocycles. The molecular formula is C15H17NOS. The van der Waals surface area contributed by atoms with E-state index in [4.69, 9.17) is 4.74 Å². The highest BCUT2D eigenvalue weighted by atomic mass is 32.1. The number of hydrogen-bond acceptors (Lipinski definition) is 3. The smallest absolute Gasteiger partial charge is 0.107 e. The maximum absolute atomic E-state index is 6.28. The lowest BCUT2D eigenvalue weighted by atomic mass is 10.0. The van der Waals surface area contributed by atoms with Crippen LogP contribution in [0.3, 0.4) is 0 Å². The summed E-state index contributed by atoms with van der Waals surface area (Å²) in [6.45, 7) is 3.07. The summed E-state index contributed by atoms with van der Waals surface area (Å²) in [5, 5.41) is 5.66. The largest absolute Gasteiger partial charge is 0.362 e. The molecular weight excluding hydrogens is 242 g/mol. The van der Waals surface area contributed by atoms with Gasteiger partial charge in [-0.05, 0) is 23.9 Å². The number of rotatable bonds is 2. The summed E-state index contributed by atoms with van der Waals surface area (Å²) in [5.41, 5.74) is 1.25. The van der Waals surface area contributed by atoms with Gasteiger partial charge in [0.1, 0.15) is 6.10 Å². The highest BCUT2D eigenvalue weighted by Gasteiger charge is 2.30. The van der Waals surface area contributed by atoms with Crippen molar-refractivity contribution < 1.29 is 4.74 Å². The quantitative estimate of drug-likeness (QED) is 0.890. The van der Waals surface area contributed by atoms with E-state index in [1.54, 1.807) is 11.3 Å². The van der Waals surface area contributed by atoms with Crippen molar-refractivity contribution >= 4 is 11.3 Å². The third-order valence-electron chi connectivity index (χ3n) is 3.39. The van der Waals surface area contributed by atoms with Gasteiger partial charge < -0.3 is 10.1 Å². The molecule has 1 aromatic carbocycles. The summed E-state index contributed by atoms with van der Waals surface area (Å²) in [6, 6.07) is 15.0. The van der Waals surface area contributed by atoms with Crippen molar-refractivity contribution in [3.63, 3.8) is 0 Å². The van der Waals surface area contributed by atoms with Gasteiger partial charge in [-0.25, -0.2) is 0 Å². The van der Waals surface area contributed by atoms with E-state index in [2.05, 4.69) is 54.0 Å². The van der Waals surface area contributed by atoms with Crippen molar-refractivity contribution in [1.82, 2.24) is 5.32 Å². The van der Waals surface area contributed by atoms with Gasteiger partial charge in [0.05, 0.1) is 6.10 Å². The number of hydrogen-bond donors (Lipinski definition) is 1. The Morgan fingerprint density at radius 1 is 1.17 bits per heavy atom. The van der Waals surface area contributed by atoms with Crippen LogP contribution in [0.2, 0.25) is 0 Å². The summed E-state index contributed by atoms with van der Waals surface area (Å²) in [5.74, 6) is 0. The van der Waals surface area contributed by atoms with E-state index in [1.807, 2.05) is 6.07 Å². The van der Waals surface area contributed by atoms with Crippen molar-refractivity contribution in [3.05, 3.63) is 58.3 Å². The molecule has 3 heteroatoms. The zero-order valence-electron chi connectivity index (χ0n) is 10.4. The normalized spacial score (nSPS) is 28.2. The molecule has 18 heavy (non-hydrogen) atoms. The minimum absolute atomic E-state index is 0.148. The Balaban J connectivity index is 1.80. The van der Waals surface area contributed by atoms with Crippen LogP contribution in [0.4, 0.5) is 0 Å². The van der Waals surface area contributed by atoms with Gasteiger partial charge >= 0.3 is 0 Å². The minimum atomic E-state index is 0.148. The summed E-state index contributed by atoms with van der Waals surface area (Å²) < 4.78 is 6.28. The monoisotopic (exact) mass is 259 g/mol. The molecule has 1 aromatic heterocycles. The molecule has 1 aliphatic heterocycles. The topological polar surface area (TPSA) is 21.3 Å². The standard InChI is InChI=1S/C15H17NOS/c1-11-15(14-8-5-9-18-14)17-13(10-16-11)12-6-3-2-4-7-12/h2-9,11,13,15-16H,10H2,1H3. The summed E-state index contributed by atoms with van der Waals surface area (Å²) in [4.78, 5) is 1.30. The molecule has 3 rings (SSSR count). The van der Waals surface area contributed by atoms with Crippen LogP contribution in [0.25, 0.3) is 0 Å². The first kappa shape index (κ1) is 11.9. The average Bonchev–Trinajstić information content (AvgIpc) is 2.94. The maximum atomic E-state index is 6.28. The fraction of sp³-hybridized carbons (Fsp3) is 0.333. The van der Waals surface area contributed by atoms with E-state index < -0.39 is 0 Å². The van der Waals surface area contributed by atoms with Gasteiger partial charge in [0.25, 0.3) is 0 Å². The molecule has 94 valence electrons. The lowest BCUT2D eigenvalue weighted by Crippen LogP contribution is -2.42. The number of ether oxygens (including phenoxy) is 1. The van der Waals surface area contributed by atoms with Crippen molar-refractivity contribution in [2.24, 2.45) is 0 Å². The second-order valence-corrected chi connectivity index (χ2v) is 5.65. The van der Waals surface area contributed by atoms with E-state index in [0.717, 1.165) is 6.54 Å². The van der Waals surface area contributed by atoms with Crippen LogP contribution < -0.4 is 5.32 Å². The van der Waals surface area contributed by atoms with Gasteiger partial charge in [-0.1, -0.05) is 36.4 Å². The Labute approximate surface area is 112 Å². The third kappa shape index (κ3) is 2.34. The molecule has 1 fully saturated rings. The number of thiophene rings is 1. The third-order valence-corrected chi connectivity index (χ3v) is 4.32. The Kier molecular flexibility index (Phi) is 3.46. The Bertz CT molecular complexity index is 482. The van der Waals surface area contributed by atoms with Crippen LogP contribution in [0.15, 0.2) is 47.8 Å². The molecule has 0 amide bonds. The van der Waals surface area contributed by atoms with E-state index in [0.29, 0.717) is 6.04 Å². The minimum Gasteiger partial charge on any atom is -0.362 e. The lowest BCUT2D eigenvalue weighted by molar-refractivity contribution is -0.0614. The molecule has 3 atom stereocenters. The zero-order chi connectivity index (χ0) is 12.4. The summed E-state index contributed by atoms with van der Waals surface area (Å²) in [6.07, 6.45) is 0.304. The molecule has 3 unspecified atom stereocenters. The number of benzene rings is 1. The van der Waals surface area contributed by atoms with Gasteiger partial charge in [0.15, 0.2) is 0 Å². The van der Waals surface area contributed by atoms with Crippen molar-refractivity contribution in [2.45, 2.75) is 25.2 Å². The molecule has 1 aliphatic rings. The Morgan fingerprint density at radius 3 is 2.72 bits per heavy atom. The molecule has 2 aromatic rings. The fourth-order valence-electron chi connectivity index (χ4n) is 2.37. The van der Waals surface area contributed by atoms with Crippen LogP contribution in [0.1, 0.15) is 29.6 Å². The molecule has 0 radical (unpaired) electrons.